The number of benzene rings is 1. The van der Waals surface area contributed by atoms with Gasteiger partial charge in [0.25, 0.3) is 5.91 Å². The van der Waals surface area contributed by atoms with E-state index in [2.05, 4.69) is 15.3 Å². The van der Waals surface area contributed by atoms with Crippen LogP contribution >= 0.6 is 0 Å². The molecule has 0 aliphatic heterocycles. The monoisotopic (exact) mass is 340 g/mol. The second kappa shape index (κ2) is 6.73. The van der Waals surface area contributed by atoms with Crippen molar-refractivity contribution in [2.75, 3.05) is 31.4 Å². The van der Waals surface area contributed by atoms with Gasteiger partial charge in [-0.25, -0.2) is 4.98 Å². The first-order valence-electron chi connectivity index (χ1n) is 6.80. The van der Waals surface area contributed by atoms with Crippen molar-refractivity contribution in [3.8, 4) is 6.01 Å². The summed E-state index contributed by atoms with van der Waals surface area (Å²) in [5.74, 6) is -0.598. The molecule has 1 aromatic carbocycles. The van der Waals surface area contributed by atoms with Gasteiger partial charge in [0, 0.05) is 14.1 Å². The molecular weight excluding hydrogens is 325 g/mol. The SMILES string of the molecule is COc1ncc(NC(=O)c2ccccc2C(F)(F)F)c(N(C)C)n1. The average molecular weight is 340 g/mol. The third-order valence-electron chi connectivity index (χ3n) is 3.08. The molecule has 1 aromatic heterocycles. The molecule has 1 amide bonds. The molecule has 1 N–H and O–H groups in total. The van der Waals surface area contributed by atoms with E-state index in [9.17, 15) is 18.0 Å². The van der Waals surface area contributed by atoms with Crippen LogP contribution in [0.4, 0.5) is 24.7 Å². The van der Waals surface area contributed by atoms with Crippen molar-refractivity contribution in [1.82, 2.24) is 9.97 Å². The number of nitrogens with zero attached hydrogens (tertiary/aromatic N) is 3. The molecule has 1 heterocycles. The van der Waals surface area contributed by atoms with Gasteiger partial charge in [-0.15, -0.1) is 0 Å². The van der Waals surface area contributed by atoms with Gasteiger partial charge in [0.1, 0.15) is 5.69 Å². The molecule has 9 heteroatoms. The first-order chi connectivity index (χ1) is 11.2. The molecule has 0 unspecified atom stereocenters. The van der Waals surface area contributed by atoms with Gasteiger partial charge >= 0.3 is 12.2 Å². The summed E-state index contributed by atoms with van der Waals surface area (Å²) in [5.41, 5.74) is -1.32. The van der Waals surface area contributed by atoms with E-state index in [-0.39, 0.29) is 11.7 Å². The average Bonchev–Trinajstić information content (AvgIpc) is 2.54. The molecular formula is C15H15F3N4O2. The Morgan fingerprint density at radius 3 is 2.50 bits per heavy atom. The maximum absolute atomic E-state index is 13.0. The number of alkyl halides is 3. The summed E-state index contributed by atoms with van der Waals surface area (Å²) in [6.07, 6.45) is -3.36. The minimum Gasteiger partial charge on any atom is -0.467 e. The standard InChI is InChI=1S/C15H15F3N4O2/c1-22(2)12-11(8-19-14(21-12)24-3)20-13(23)9-6-4-5-7-10(9)15(16,17)18/h4-8H,1-3H3,(H,20,23). The van der Waals surface area contributed by atoms with E-state index in [0.29, 0.717) is 5.82 Å². The Morgan fingerprint density at radius 1 is 1.25 bits per heavy atom. The lowest BCUT2D eigenvalue weighted by molar-refractivity contribution is -0.137. The lowest BCUT2D eigenvalue weighted by atomic mass is 10.1. The Morgan fingerprint density at radius 2 is 1.92 bits per heavy atom. The predicted octanol–water partition coefficient (Wildman–Crippen LogP) is 2.82. The van der Waals surface area contributed by atoms with Crippen molar-refractivity contribution in [3.63, 3.8) is 0 Å². The summed E-state index contributed by atoms with van der Waals surface area (Å²) in [4.78, 5) is 21.8. The van der Waals surface area contributed by atoms with E-state index < -0.39 is 23.2 Å². The van der Waals surface area contributed by atoms with Gasteiger partial charge in [-0.3, -0.25) is 4.79 Å². The highest BCUT2D eigenvalue weighted by molar-refractivity contribution is 6.06. The summed E-state index contributed by atoms with van der Waals surface area (Å²) in [5, 5.41) is 2.41. The van der Waals surface area contributed by atoms with E-state index in [1.54, 1.807) is 19.0 Å². The van der Waals surface area contributed by atoms with Gasteiger partial charge < -0.3 is 15.0 Å². The van der Waals surface area contributed by atoms with E-state index in [4.69, 9.17) is 4.74 Å². The molecule has 0 saturated carbocycles. The lowest BCUT2D eigenvalue weighted by Crippen LogP contribution is -2.21. The fourth-order valence-electron chi connectivity index (χ4n) is 2.00. The first kappa shape index (κ1) is 17.5. The number of hydrogen-bond acceptors (Lipinski definition) is 5. The van der Waals surface area contributed by atoms with E-state index >= 15 is 0 Å². The number of rotatable bonds is 4. The van der Waals surface area contributed by atoms with Crippen LogP contribution < -0.4 is 15.0 Å². The first-order valence-corrected chi connectivity index (χ1v) is 6.80. The number of methoxy groups -OCH3 is 1. The number of halogens is 3. The molecule has 0 bridgehead atoms. The molecule has 0 radical (unpaired) electrons. The number of hydrogen-bond donors (Lipinski definition) is 1. The maximum atomic E-state index is 13.0. The van der Waals surface area contributed by atoms with Gasteiger partial charge in [-0.2, -0.15) is 18.2 Å². The maximum Gasteiger partial charge on any atom is 0.417 e. The molecule has 2 rings (SSSR count). The number of carbonyl (C=O) groups is 1. The lowest BCUT2D eigenvalue weighted by Gasteiger charge is -2.18. The summed E-state index contributed by atoms with van der Waals surface area (Å²) in [6, 6.07) is 4.62. The highest BCUT2D eigenvalue weighted by Gasteiger charge is 2.35. The van der Waals surface area contributed by atoms with E-state index in [0.717, 1.165) is 12.1 Å². The summed E-state index contributed by atoms with van der Waals surface area (Å²) >= 11 is 0. The van der Waals surface area contributed by atoms with Crippen LogP contribution in [0.1, 0.15) is 15.9 Å². The third-order valence-corrected chi connectivity index (χ3v) is 3.08. The number of aromatic nitrogens is 2. The zero-order chi connectivity index (χ0) is 17.9. The zero-order valence-corrected chi connectivity index (χ0v) is 13.2. The number of amides is 1. The van der Waals surface area contributed by atoms with Crippen LogP contribution in [0.3, 0.4) is 0 Å². The van der Waals surface area contributed by atoms with Crippen molar-refractivity contribution in [2.45, 2.75) is 6.18 Å². The quantitative estimate of drug-likeness (QED) is 0.927. The van der Waals surface area contributed by atoms with Gasteiger partial charge in [0.15, 0.2) is 5.82 Å². The van der Waals surface area contributed by atoms with Crippen LogP contribution in [0, 0.1) is 0 Å². The van der Waals surface area contributed by atoms with E-state index in [1.165, 1.54) is 25.4 Å². The fourth-order valence-corrected chi connectivity index (χ4v) is 2.00. The molecule has 0 saturated heterocycles. The molecule has 0 atom stereocenters. The molecule has 24 heavy (non-hydrogen) atoms. The summed E-state index contributed by atoms with van der Waals surface area (Å²) in [7, 11) is 4.72. The second-order valence-electron chi connectivity index (χ2n) is 4.99. The van der Waals surface area contributed by atoms with Gasteiger partial charge in [0.2, 0.25) is 0 Å². The number of ether oxygens (including phenoxy) is 1. The Kier molecular flexibility index (Phi) is 4.91. The minimum atomic E-state index is -4.63. The Balaban J connectivity index is 2.38. The fraction of sp³-hybridized carbons (Fsp3) is 0.267. The van der Waals surface area contributed by atoms with Crippen LogP contribution in [0.25, 0.3) is 0 Å². The summed E-state index contributed by atoms with van der Waals surface area (Å²) in [6.45, 7) is 0. The summed E-state index contributed by atoms with van der Waals surface area (Å²) < 4.78 is 44.0. The molecule has 0 aliphatic rings. The van der Waals surface area contributed by atoms with Crippen molar-refractivity contribution in [2.24, 2.45) is 0 Å². The van der Waals surface area contributed by atoms with Gasteiger partial charge in [0.05, 0.1) is 24.4 Å². The topological polar surface area (TPSA) is 67.3 Å². The highest BCUT2D eigenvalue weighted by Crippen LogP contribution is 2.32. The van der Waals surface area contributed by atoms with Crippen LogP contribution in [0.15, 0.2) is 30.5 Å². The minimum absolute atomic E-state index is 0.0763. The van der Waals surface area contributed by atoms with Crippen molar-refractivity contribution >= 4 is 17.4 Å². The zero-order valence-electron chi connectivity index (χ0n) is 13.2. The molecule has 6 nitrogen and oxygen atoms in total. The Bertz CT molecular complexity index is 748. The Hall–Kier alpha value is -2.84. The molecule has 0 spiro atoms. The van der Waals surface area contributed by atoms with E-state index in [1.807, 2.05) is 0 Å². The normalized spacial score (nSPS) is 11.1. The largest absolute Gasteiger partial charge is 0.467 e. The van der Waals surface area contributed by atoms with Crippen molar-refractivity contribution in [1.29, 1.82) is 0 Å². The molecule has 0 fully saturated rings. The second-order valence-corrected chi connectivity index (χ2v) is 4.99. The number of nitrogens with one attached hydrogen (secondary N) is 1. The van der Waals surface area contributed by atoms with Gasteiger partial charge in [-0.1, -0.05) is 12.1 Å². The van der Waals surface area contributed by atoms with Gasteiger partial charge in [-0.05, 0) is 12.1 Å². The van der Waals surface area contributed by atoms with Crippen LogP contribution in [-0.4, -0.2) is 37.1 Å². The van der Waals surface area contributed by atoms with Crippen molar-refractivity contribution < 1.29 is 22.7 Å². The van der Waals surface area contributed by atoms with Crippen LogP contribution in [0.5, 0.6) is 6.01 Å². The number of carbonyl (C=O) groups excluding carboxylic acids is 1. The van der Waals surface area contributed by atoms with Crippen LogP contribution in [0.2, 0.25) is 0 Å². The highest BCUT2D eigenvalue weighted by atomic mass is 19.4. The molecule has 2 aromatic rings. The smallest absolute Gasteiger partial charge is 0.417 e. The Labute approximate surface area is 136 Å². The predicted molar refractivity (Wildman–Crippen MR) is 82.3 cm³/mol. The number of anilines is 2. The molecule has 0 aliphatic carbocycles. The van der Waals surface area contributed by atoms with Crippen molar-refractivity contribution in [3.05, 3.63) is 41.6 Å². The third kappa shape index (κ3) is 3.73. The van der Waals surface area contributed by atoms with Crippen LogP contribution in [-0.2, 0) is 6.18 Å². The molecule has 128 valence electrons.